The van der Waals surface area contributed by atoms with Crippen LogP contribution in [-0.2, 0) is 24.2 Å². The first-order valence-electron chi connectivity index (χ1n) is 9.90. The highest BCUT2D eigenvalue weighted by molar-refractivity contribution is 7.93. The van der Waals surface area contributed by atoms with Crippen LogP contribution in [0.2, 0.25) is 0 Å². The van der Waals surface area contributed by atoms with Crippen molar-refractivity contribution in [3.05, 3.63) is 24.3 Å². The number of hydrogen-bond donors (Lipinski definition) is 1. The van der Waals surface area contributed by atoms with Crippen molar-refractivity contribution in [1.29, 1.82) is 0 Å². The molecule has 3 atom stereocenters. The Morgan fingerprint density at radius 2 is 1.93 bits per heavy atom. The van der Waals surface area contributed by atoms with E-state index in [0.717, 1.165) is 0 Å². The largest absolute Gasteiger partial charge is 0.495 e. The van der Waals surface area contributed by atoms with Crippen molar-refractivity contribution in [1.82, 2.24) is 9.80 Å². The minimum atomic E-state index is -3.68. The number of amides is 3. The van der Waals surface area contributed by atoms with Gasteiger partial charge in [0.2, 0.25) is 17.7 Å². The Labute approximate surface area is 175 Å². The Balaban J connectivity index is 1.58. The molecule has 9 nitrogen and oxygen atoms in total. The highest BCUT2D eigenvalue weighted by atomic mass is 32.2. The predicted molar refractivity (Wildman–Crippen MR) is 108 cm³/mol. The number of rotatable bonds is 4. The molecule has 3 heterocycles. The third-order valence-electron chi connectivity index (χ3n) is 6.41. The summed E-state index contributed by atoms with van der Waals surface area (Å²) in [6.45, 7) is 3.30. The Morgan fingerprint density at radius 1 is 1.23 bits per heavy atom. The summed E-state index contributed by atoms with van der Waals surface area (Å²) in [7, 11) is -2.18. The quantitative estimate of drug-likeness (QED) is 0.699. The second-order valence-corrected chi connectivity index (χ2v) is 11.1. The number of methoxy groups -OCH3 is 1. The fraction of sp³-hybridized carbons (Fsp3) is 0.550. The zero-order valence-electron chi connectivity index (χ0n) is 17.1. The lowest BCUT2D eigenvalue weighted by Gasteiger charge is -2.39. The molecule has 0 spiro atoms. The third-order valence-corrected chi connectivity index (χ3v) is 9.21. The van der Waals surface area contributed by atoms with Gasteiger partial charge in [-0.25, -0.2) is 8.42 Å². The normalized spacial score (nSPS) is 28.6. The second-order valence-electron chi connectivity index (χ2n) is 8.39. The van der Waals surface area contributed by atoms with Gasteiger partial charge in [-0.2, -0.15) is 0 Å². The first-order valence-corrected chi connectivity index (χ1v) is 11.4. The molecule has 0 aromatic heterocycles. The van der Waals surface area contributed by atoms with Crippen LogP contribution >= 0.6 is 0 Å². The van der Waals surface area contributed by atoms with E-state index in [9.17, 15) is 22.8 Å². The first-order chi connectivity index (χ1) is 14.1. The average molecular weight is 436 g/mol. The van der Waals surface area contributed by atoms with Gasteiger partial charge in [0.05, 0.1) is 24.0 Å². The fourth-order valence-corrected chi connectivity index (χ4v) is 6.78. The SMILES string of the molecule is COc1ccccc1NC(=O)C1CCCN1C(=O)C1N2C(=O)CC2S(=O)(=O)C1(C)C. The lowest BCUT2D eigenvalue weighted by molar-refractivity contribution is -0.155. The number of anilines is 1. The molecule has 0 aliphatic carbocycles. The molecule has 3 unspecified atom stereocenters. The number of likely N-dealkylation sites (tertiary alicyclic amines) is 1. The maximum atomic E-state index is 13.4. The molecule has 0 bridgehead atoms. The van der Waals surface area contributed by atoms with Crippen LogP contribution < -0.4 is 10.1 Å². The van der Waals surface area contributed by atoms with Crippen LogP contribution in [0.4, 0.5) is 5.69 Å². The average Bonchev–Trinajstić information content (AvgIpc) is 3.23. The zero-order valence-corrected chi connectivity index (χ0v) is 17.9. The summed E-state index contributed by atoms with van der Waals surface area (Å²) >= 11 is 0. The lowest BCUT2D eigenvalue weighted by Crippen LogP contribution is -2.61. The highest BCUT2D eigenvalue weighted by Crippen LogP contribution is 2.46. The number of para-hydroxylation sites is 2. The van der Waals surface area contributed by atoms with Gasteiger partial charge in [-0.05, 0) is 38.8 Å². The van der Waals surface area contributed by atoms with E-state index in [1.54, 1.807) is 24.3 Å². The number of carbonyl (C=O) groups is 3. The molecule has 0 radical (unpaired) electrons. The minimum Gasteiger partial charge on any atom is -0.495 e. The Bertz CT molecular complexity index is 1020. The number of fused-ring (bicyclic) bond motifs is 1. The van der Waals surface area contributed by atoms with Gasteiger partial charge in [0.1, 0.15) is 23.2 Å². The van der Waals surface area contributed by atoms with Crippen LogP contribution in [0.25, 0.3) is 0 Å². The zero-order chi connectivity index (χ0) is 21.8. The van der Waals surface area contributed by atoms with Crippen LogP contribution in [0.1, 0.15) is 33.1 Å². The van der Waals surface area contributed by atoms with Gasteiger partial charge in [0.25, 0.3) is 0 Å². The van der Waals surface area contributed by atoms with E-state index in [1.165, 1.54) is 30.8 Å². The highest BCUT2D eigenvalue weighted by Gasteiger charge is 2.68. The van der Waals surface area contributed by atoms with Crippen LogP contribution in [0.5, 0.6) is 5.75 Å². The molecule has 3 aliphatic rings. The van der Waals surface area contributed by atoms with Crippen molar-refractivity contribution in [3.8, 4) is 5.75 Å². The predicted octanol–water partition coefficient (Wildman–Crippen LogP) is 0.759. The summed E-state index contributed by atoms with van der Waals surface area (Å²) < 4.78 is 29.5. The molecule has 10 heteroatoms. The van der Waals surface area contributed by atoms with Crippen molar-refractivity contribution < 1.29 is 27.5 Å². The van der Waals surface area contributed by atoms with Crippen LogP contribution in [0, 0.1) is 0 Å². The molecule has 3 aliphatic heterocycles. The standard InChI is InChI=1S/C20H25N3O6S/c1-20(2)17(23-15(24)11-16(23)30(20,27)28)19(26)22-10-6-8-13(22)18(25)21-12-7-4-5-9-14(12)29-3/h4-5,7,9,13,16-17H,6,8,10-11H2,1-3H3,(H,21,25). The van der Waals surface area contributed by atoms with E-state index in [2.05, 4.69) is 5.32 Å². The number of ether oxygens (including phenoxy) is 1. The maximum Gasteiger partial charge on any atom is 0.247 e. The summed E-state index contributed by atoms with van der Waals surface area (Å²) in [4.78, 5) is 41.2. The van der Waals surface area contributed by atoms with Gasteiger partial charge in [0, 0.05) is 6.54 Å². The number of carbonyl (C=O) groups excluding carboxylic acids is 3. The molecule has 3 fully saturated rings. The molecular formula is C20H25N3O6S. The van der Waals surface area contributed by atoms with Gasteiger partial charge in [-0.3, -0.25) is 14.4 Å². The summed E-state index contributed by atoms with van der Waals surface area (Å²) in [5.41, 5.74) is 0.492. The summed E-state index contributed by atoms with van der Waals surface area (Å²) in [6.07, 6.45) is 0.990. The smallest absolute Gasteiger partial charge is 0.247 e. The molecule has 4 rings (SSSR count). The summed E-state index contributed by atoms with van der Waals surface area (Å²) in [5, 5.41) is 1.86. The lowest BCUT2D eigenvalue weighted by atomic mass is 9.96. The Hall–Kier alpha value is -2.62. The van der Waals surface area contributed by atoms with E-state index in [0.29, 0.717) is 30.8 Å². The maximum absolute atomic E-state index is 13.4. The molecule has 3 saturated heterocycles. The van der Waals surface area contributed by atoms with E-state index in [-0.39, 0.29) is 18.2 Å². The van der Waals surface area contributed by atoms with Crippen LogP contribution in [0.15, 0.2) is 24.3 Å². The van der Waals surface area contributed by atoms with E-state index in [4.69, 9.17) is 4.74 Å². The van der Waals surface area contributed by atoms with Crippen molar-refractivity contribution in [2.24, 2.45) is 0 Å². The van der Waals surface area contributed by atoms with Crippen molar-refractivity contribution in [3.63, 3.8) is 0 Å². The third kappa shape index (κ3) is 2.80. The monoisotopic (exact) mass is 435 g/mol. The Kier molecular flexibility index (Phi) is 4.80. The number of β-lactam (4-membered cyclic amide) rings is 1. The number of benzene rings is 1. The van der Waals surface area contributed by atoms with Gasteiger partial charge in [0.15, 0.2) is 9.84 Å². The van der Waals surface area contributed by atoms with Gasteiger partial charge in [-0.1, -0.05) is 12.1 Å². The molecule has 3 amide bonds. The van der Waals surface area contributed by atoms with Gasteiger partial charge < -0.3 is 19.9 Å². The van der Waals surface area contributed by atoms with Crippen LogP contribution in [0.3, 0.4) is 0 Å². The molecule has 1 N–H and O–H groups in total. The Morgan fingerprint density at radius 3 is 2.60 bits per heavy atom. The summed E-state index contributed by atoms with van der Waals surface area (Å²) in [6, 6.07) is 5.10. The fourth-order valence-electron chi connectivity index (χ4n) is 4.65. The van der Waals surface area contributed by atoms with Crippen molar-refractivity contribution >= 4 is 33.2 Å². The first kappa shape index (κ1) is 20.6. The summed E-state index contributed by atoms with van der Waals surface area (Å²) in [5.74, 6) is -0.701. The molecule has 162 valence electrons. The second kappa shape index (κ2) is 6.97. The van der Waals surface area contributed by atoms with Crippen molar-refractivity contribution in [2.75, 3.05) is 19.0 Å². The van der Waals surface area contributed by atoms with E-state index in [1.807, 2.05) is 0 Å². The molecule has 0 saturated carbocycles. The molecule has 1 aromatic rings. The van der Waals surface area contributed by atoms with E-state index < -0.39 is 37.9 Å². The van der Waals surface area contributed by atoms with Gasteiger partial charge >= 0.3 is 0 Å². The van der Waals surface area contributed by atoms with Crippen molar-refractivity contribution in [2.45, 2.75) is 55.3 Å². The molecule has 30 heavy (non-hydrogen) atoms. The number of hydrogen-bond acceptors (Lipinski definition) is 6. The molecule has 1 aromatic carbocycles. The van der Waals surface area contributed by atoms with Crippen LogP contribution in [-0.4, -0.2) is 71.8 Å². The number of nitrogens with one attached hydrogen (secondary N) is 1. The minimum absolute atomic E-state index is 0.0900. The topological polar surface area (TPSA) is 113 Å². The van der Waals surface area contributed by atoms with E-state index >= 15 is 0 Å². The number of sulfone groups is 1. The van der Waals surface area contributed by atoms with Gasteiger partial charge in [-0.15, -0.1) is 0 Å². The molecular weight excluding hydrogens is 410 g/mol. The number of nitrogens with zero attached hydrogens (tertiary/aromatic N) is 2.